The Hall–Kier alpha value is -3.09. The molecule has 0 saturated carbocycles. The molecule has 0 amide bonds. The Labute approximate surface area is 167 Å². The molecule has 0 N–H and O–H groups in total. The third-order valence-corrected chi connectivity index (χ3v) is 5.94. The van der Waals surface area contributed by atoms with Crippen LogP contribution in [0, 0.1) is 0 Å². The van der Waals surface area contributed by atoms with Gasteiger partial charge in [0.15, 0.2) is 11.5 Å². The summed E-state index contributed by atoms with van der Waals surface area (Å²) < 4.78 is 10.9. The van der Waals surface area contributed by atoms with Crippen LogP contribution >= 0.6 is 8.19 Å². The number of methoxy groups -OCH3 is 2. The van der Waals surface area contributed by atoms with Gasteiger partial charge in [-0.1, -0.05) is 74.9 Å². The fourth-order valence-corrected chi connectivity index (χ4v) is 4.45. The van der Waals surface area contributed by atoms with Gasteiger partial charge >= 0.3 is 0 Å². The molecular formula is C25H21O2P. The molecule has 0 radical (unpaired) electrons. The maximum atomic E-state index is 5.51. The summed E-state index contributed by atoms with van der Waals surface area (Å²) in [4.78, 5) is 0. The molecule has 3 aromatic carbocycles. The molecular weight excluding hydrogens is 363 g/mol. The van der Waals surface area contributed by atoms with Crippen LogP contribution in [0.3, 0.4) is 0 Å². The average Bonchev–Trinajstić information content (AvgIpc) is 2.79. The lowest BCUT2D eigenvalue weighted by atomic mass is 10.0. The van der Waals surface area contributed by atoms with Gasteiger partial charge in [0.1, 0.15) is 0 Å². The molecule has 0 fully saturated rings. The highest BCUT2D eigenvalue weighted by molar-refractivity contribution is 7.37. The van der Waals surface area contributed by atoms with Gasteiger partial charge in [0.2, 0.25) is 0 Å². The van der Waals surface area contributed by atoms with Crippen LogP contribution < -0.4 is 9.47 Å². The van der Waals surface area contributed by atoms with Crippen molar-refractivity contribution in [1.82, 2.24) is 0 Å². The predicted octanol–water partition coefficient (Wildman–Crippen LogP) is 7.28. The second kappa shape index (κ2) is 8.29. The summed E-state index contributed by atoms with van der Waals surface area (Å²) in [5, 5.41) is 2.57. The van der Waals surface area contributed by atoms with Crippen molar-refractivity contribution in [2.24, 2.45) is 0 Å². The average molecular weight is 384 g/mol. The summed E-state index contributed by atoms with van der Waals surface area (Å²) in [7, 11) is 4.53. The van der Waals surface area contributed by atoms with E-state index < -0.39 is 0 Å². The van der Waals surface area contributed by atoms with Crippen LogP contribution in [-0.4, -0.2) is 14.2 Å². The highest BCUT2D eigenvalue weighted by atomic mass is 31.0. The molecule has 0 saturated heterocycles. The highest BCUT2D eigenvalue weighted by Gasteiger charge is 2.10. The highest BCUT2D eigenvalue weighted by Crippen LogP contribution is 2.42. The molecule has 4 aromatic rings. The SMILES string of the molecule is COc1ccc(-c2cc(-c3ccccc3)pc(-c3ccccc3)c2)cc1OC. The van der Waals surface area contributed by atoms with Crippen molar-refractivity contribution in [1.29, 1.82) is 0 Å². The Bertz CT molecular complexity index is 1020. The molecule has 2 nitrogen and oxygen atoms in total. The van der Waals surface area contributed by atoms with Crippen molar-refractivity contribution in [2.75, 3.05) is 14.2 Å². The van der Waals surface area contributed by atoms with E-state index in [0.717, 1.165) is 22.6 Å². The zero-order chi connectivity index (χ0) is 19.3. The van der Waals surface area contributed by atoms with Crippen LogP contribution in [0.1, 0.15) is 0 Å². The Morgan fingerprint density at radius 2 is 1.04 bits per heavy atom. The molecule has 0 bridgehead atoms. The smallest absolute Gasteiger partial charge is 0.161 e. The molecule has 3 heteroatoms. The van der Waals surface area contributed by atoms with E-state index in [0.29, 0.717) is 0 Å². The van der Waals surface area contributed by atoms with Crippen molar-refractivity contribution < 1.29 is 9.47 Å². The van der Waals surface area contributed by atoms with Crippen LogP contribution in [0.25, 0.3) is 32.8 Å². The van der Waals surface area contributed by atoms with E-state index in [1.807, 2.05) is 12.1 Å². The first kappa shape index (κ1) is 18.3. The maximum Gasteiger partial charge on any atom is 0.161 e. The molecule has 1 heterocycles. The van der Waals surface area contributed by atoms with Crippen molar-refractivity contribution in [2.45, 2.75) is 0 Å². The van der Waals surface area contributed by atoms with Gasteiger partial charge in [0, 0.05) is 10.6 Å². The van der Waals surface area contributed by atoms with E-state index >= 15 is 0 Å². The van der Waals surface area contributed by atoms with Crippen molar-refractivity contribution in [3.05, 3.63) is 91.0 Å². The van der Waals surface area contributed by atoms with E-state index in [1.165, 1.54) is 29.9 Å². The molecule has 0 aliphatic carbocycles. The minimum absolute atomic E-state index is 0.736. The third kappa shape index (κ3) is 3.78. The van der Waals surface area contributed by atoms with Crippen LogP contribution in [0.15, 0.2) is 91.0 Å². The van der Waals surface area contributed by atoms with Crippen LogP contribution in [-0.2, 0) is 0 Å². The van der Waals surface area contributed by atoms with Gasteiger partial charge in [-0.05, 0) is 46.5 Å². The summed E-state index contributed by atoms with van der Waals surface area (Å²) in [6.07, 6.45) is 0. The van der Waals surface area contributed by atoms with Gasteiger partial charge in [-0.2, -0.15) is 0 Å². The normalized spacial score (nSPS) is 10.5. The summed E-state index contributed by atoms with van der Waals surface area (Å²) in [5.74, 6) is 1.47. The molecule has 4 rings (SSSR count). The summed E-state index contributed by atoms with van der Waals surface area (Å²) >= 11 is 0. The van der Waals surface area contributed by atoms with Gasteiger partial charge in [-0.15, -0.1) is 0 Å². The van der Waals surface area contributed by atoms with E-state index in [-0.39, 0.29) is 0 Å². The summed E-state index contributed by atoms with van der Waals surface area (Å²) in [6.45, 7) is 0. The maximum absolute atomic E-state index is 5.51. The zero-order valence-corrected chi connectivity index (χ0v) is 16.8. The summed E-state index contributed by atoms with van der Waals surface area (Å²) in [5.41, 5.74) is 4.75. The number of hydrogen-bond acceptors (Lipinski definition) is 2. The lowest BCUT2D eigenvalue weighted by Crippen LogP contribution is -1.91. The molecule has 0 atom stereocenters. The van der Waals surface area contributed by atoms with Gasteiger partial charge in [-0.25, -0.2) is 0 Å². The van der Waals surface area contributed by atoms with Crippen molar-refractivity contribution in [3.63, 3.8) is 0 Å². The molecule has 0 aliphatic rings. The van der Waals surface area contributed by atoms with Gasteiger partial charge < -0.3 is 9.47 Å². The second-order valence-electron chi connectivity index (χ2n) is 6.43. The second-order valence-corrected chi connectivity index (χ2v) is 7.62. The van der Waals surface area contributed by atoms with Crippen molar-refractivity contribution in [3.8, 4) is 44.3 Å². The first-order valence-corrected chi connectivity index (χ1v) is 10.0. The van der Waals surface area contributed by atoms with Gasteiger partial charge in [0.05, 0.1) is 14.2 Å². The fourth-order valence-electron chi connectivity index (χ4n) is 3.23. The lowest BCUT2D eigenvalue weighted by Gasteiger charge is -2.13. The first-order valence-electron chi connectivity index (χ1n) is 9.14. The van der Waals surface area contributed by atoms with E-state index in [1.54, 1.807) is 14.2 Å². The Kier molecular flexibility index (Phi) is 5.41. The molecule has 0 unspecified atom stereocenters. The number of benzene rings is 3. The zero-order valence-electron chi connectivity index (χ0n) is 15.9. The summed E-state index contributed by atoms with van der Waals surface area (Å²) in [6, 6.07) is 31.7. The monoisotopic (exact) mass is 384 g/mol. The fraction of sp³-hybridized carbons (Fsp3) is 0.0800. The van der Waals surface area contributed by atoms with Gasteiger partial charge in [-0.3, -0.25) is 0 Å². The lowest BCUT2D eigenvalue weighted by molar-refractivity contribution is 0.355. The third-order valence-electron chi connectivity index (χ3n) is 4.68. The number of ether oxygens (including phenoxy) is 2. The molecule has 1 aromatic heterocycles. The standard InChI is InChI=1S/C25H21O2P/c1-26-22-14-13-20(15-23(22)27-2)21-16-24(18-9-5-3-6-10-18)28-25(17-21)19-11-7-4-8-12-19/h3-17H,1-2H3. The minimum atomic E-state index is 0.736. The van der Waals surface area contributed by atoms with Crippen LogP contribution in [0.5, 0.6) is 11.5 Å². The molecule has 138 valence electrons. The Balaban J connectivity index is 1.89. The van der Waals surface area contributed by atoms with E-state index in [2.05, 4.69) is 78.9 Å². The minimum Gasteiger partial charge on any atom is -0.493 e. The molecule has 0 aliphatic heterocycles. The molecule has 0 spiro atoms. The van der Waals surface area contributed by atoms with E-state index in [4.69, 9.17) is 9.47 Å². The number of rotatable bonds is 5. The van der Waals surface area contributed by atoms with E-state index in [9.17, 15) is 0 Å². The Morgan fingerprint density at radius 1 is 0.500 bits per heavy atom. The topological polar surface area (TPSA) is 18.5 Å². The first-order chi connectivity index (χ1) is 13.8. The van der Waals surface area contributed by atoms with Gasteiger partial charge in [0.25, 0.3) is 0 Å². The van der Waals surface area contributed by atoms with Crippen LogP contribution in [0.2, 0.25) is 0 Å². The predicted molar refractivity (Wildman–Crippen MR) is 118 cm³/mol. The number of hydrogen-bond donors (Lipinski definition) is 0. The van der Waals surface area contributed by atoms with Crippen LogP contribution in [0.4, 0.5) is 0 Å². The van der Waals surface area contributed by atoms with Crippen molar-refractivity contribution >= 4 is 8.19 Å². The Morgan fingerprint density at radius 3 is 1.54 bits per heavy atom. The quantitative estimate of drug-likeness (QED) is 0.360. The molecule has 28 heavy (non-hydrogen) atoms. The largest absolute Gasteiger partial charge is 0.493 e.